The number of benzene rings is 1. The van der Waals surface area contributed by atoms with E-state index in [4.69, 9.17) is 4.74 Å². The van der Waals surface area contributed by atoms with Crippen molar-refractivity contribution in [2.75, 3.05) is 31.6 Å². The Morgan fingerprint density at radius 2 is 2.06 bits per heavy atom. The number of nitrogens with one attached hydrogen (secondary N) is 2. The third kappa shape index (κ3) is 5.80. The largest absolute Gasteiger partial charge is 0.370 e. The Balaban J connectivity index is 2.16. The quantitative estimate of drug-likeness (QED) is 0.693. The summed E-state index contributed by atoms with van der Waals surface area (Å²) in [5.41, 5.74) is 1.89. The summed E-state index contributed by atoms with van der Waals surface area (Å²) in [7, 11) is 0. The van der Waals surface area contributed by atoms with Crippen LogP contribution in [-0.4, -0.2) is 32.2 Å². The SMILES string of the molecule is CCCNCCOCC(=O)Nc1ccccc1C. The first-order valence-electron chi connectivity index (χ1n) is 6.38. The summed E-state index contributed by atoms with van der Waals surface area (Å²) < 4.78 is 5.28. The van der Waals surface area contributed by atoms with Gasteiger partial charge in [-0.05, 0) is 31.5 Å². The van der Waals surface area contributed by atoms with Crippen molar-refractivity contribution in [1.82, 2.24) is 5.32 Å². The number of carbonyl (C=O) groups is 1. The van der Waals surface area contributed by atoms with Crippen molar-refractivity contribution in [2.45, 2.75) is 20.3 Å². The van der Waals surface area contributed by atoms with Crippen LogP contribution in [0.3, 0.4) is 0 Å². The van der Waals surface area contributed by atoms with Gasteiger partial charge < -0.3 is 15.4 Å². The lowest BCUT2D eigenvalue weighted by atomic mass is 10.2. The van der Waals surface area contributed by atoms with E-state index in [1.54, 1.807) is 0 Å². The highest BCUT2D eigenvalue weighted by Gasteiger charge is 2.03. The van der Waals surface area contributed by atoms with Gasteiger partial charge in [-0.3, -0.25) is 4.79 Å². The molecule has 100 valence electrons. The lowest BCUT2D eigenvalue weighted by Gasteiger charge is -2.08. The number of hydrogen-bond donors (Lipinski definition) is 2. The van der Waals surface area contributed by atoms with Crippen LogP contribution >= 0.6 is 0 Å². The molecule has 0 atom stereocenters. The van der Waals surface area contributed by atoms with Crippen molar-refractivity contribution < 1.29 is 9.53 Å². The van der Waals surface area contributed by atoms with Crippen LogP contribution in [0.2, 0.25) is 0 Å². The standard InChI is InChI=1S/C14H22N2O2/c1-3-8-15-9-10-18-11-14(17)16-13-7-5-4-6-12(13)2/h4-7,15H,3,8-11H2,1-2H3,(H,16,17). The van der Waals surface area contributed by atoms with Crippen molar-refractivity contribution in [3.8, 4) is 0 Å². The van der Waals surface area contributed by atoms with Gasteiger partial charge in [-0.1, -0.05) is 25.1 Å². The van der Waals surface area contributed by atoms with E-state index in [1.807, 2.05) is 31.2 Å². The molecule has 0 aromatic heterocycles. The molecule has 0 saturated heterocycles. The highest BCUT2D eigenvalue weighted by molar-refractivity contribution is 5.92. The van der Waals surface area contributed by atoms with Gasteiger partial charge in [0.2, 0.25) is 5.91 Å². The zero-order valence-electron chi connectivity index (χ0n) is 11.2. The predicted molar refractivity (Wildman–Crippen MR) is 73.8 cm³/mol. The first-order chi connectivity index (χ1) is 8.74. The molecule has 18 heavy (non-hydrogen) atoms. The molecule has 1 rings (SSSR count). The molecule has 2 N–H and O–H groups in total. The van der Waals surface area contributed by atoms with Crippen LogP contribution in [0.4, 0.5) is 5.69 Å². The molecule has 0 aliphatic carbocycles. The van der Waals surface area contributed by atoms with E-state index in [-0.39, 0.29) is 12.5 Å². The maximum atomic E-state index is 11.6. The number of ether oxygens (including phenoxy) is 1. The van der Waals surface area contributed by atoms with Gasteiger partial charge in [0.05, 0.1) is 6.61 Å². The topological polar surface area (TPSA) is 50.4 Å². The lowest BCUT2D eigenvalue weighted by molar-refractivity contribution is -0.120. The molecule has 0 bridgehead atoms. The van der Waals surface area contributed by atoms with Crippen LogP contribution in [0.1, 0.15) is 18.9 Å². The number of hydrogen-bond acceptors (Lipinski definition) is 3. The average molecular weight is 250 g/mol. The molecular weight excluding hydrogens is 228 g/mol. The van der Waals surface area contributed by atoms with Crippen LogP contribution in [-0.2, 0) is 9.53 Å². The van der Waals surface area contributed by atoms with E-state index < -0.39 is 0 Å². The predicted octanol–water partition coefficient (Wildman–Crippen LogP) is 1.95. The summed E-state index contributed by atoms with van der Waals surface area (Å²) in [5.74, 6) is -0.111. The minimum Gasteiger partial charge on any atom is -0.370 e. The Morgan fingerprint density at radius 3 is 2.78 bits per heavy atom. The van der Waals surface area contributed by atoms with Gasteiger partial charge in [-0.2, -0.15) is 0 Å². The fraction of sp³-hybridized carbons (Fsp3) is 0.500. The monoisotopic (exact) mass is 250 g/mol. The molecular formula is C14H22N2O2. The minimum atomic E-state index is -0.111. The van der Waals surface area contributed by atoms with Gasteiger partial charge in [0.1, 0.15) is 6.61 Å². The number of para-hydroxylation sites is 1. The van der Waals surface area contributed by atoms with Gasteiger partial charge >= 0.3 is 0 Å². The zero-order valence-corrected chi connectivity index (χ0v) is 11.2. The third-order valence-electron chi connectivity index (χ3n) is 2.50. The molecule has 0 aliphatic heterocycles. The van der Waals surface area contributed by atoms with Crippen molar-refractivity contribution in [2.24, 2.45) is 0 Å². The zero-order chi connectivity index (χ0) is 13.2. The number of aryl methyl sites for hydroxylation is 1. The highest BCUT2D eigenvalue weighted by atomic mass is 16.5. The number of anilines is 1. The number of carbonyl (C=O) groups excluding carboxylic acids is 1. The molecule has 0 spiro atoms. The van der Waals surface area contributed by atoms with E-state index in [0.29, 0.717) is 6.61 Å². The van der Waals surface area contributed by atoms with Crippen LogP contribution < -0.4 is 10.6 Å². The van der Waals surface area contributed by atoms with E-state index in [1.165, 1.54) is 0 Å². The lowest BCUT2D eigenvalue weighted by Crippen LogP contribution is -2.24. The van der Waals surface area contributed by atoms with Crippen molar-refractivity contribution >= 4 is 11.6 Å². The summed E-state index contributed by atoms with van der Waals surface area (Å²) in [6, 6.07) is 7.69. The first kappa shape index (κ1) is 14.7. The Morgan fingerprint density at radius 1 is 1.28 bits per heavy atom. The molecule has 0 heterocycles. The Bertz CT molecular complexity index is 367. The molecule has 0 aliphatic rings. The van der Waals surface area contributed by atoms with Crippen LogP contribution in [0.5, 0.6) is 0 Å². The molecule has 4 heteroatoms. The Kier molecular flexibility index (Phi) is 7.06. The molecule has 1 aromatic rings. The van der Waals surface area contributed by atoms with Gasteiger partial charge in [-0.15, -0.1) is 0 Å². The second kappa shape index (κ2) is 8.66. The van der Waals surface area contributed by atoms with Crippen LogP contribution in [0, 0.1) is 6.92 Å². The third-order valence-corrected chi connectivity index (χ3v) is 2.50. The van der Waals surface area contributed by atoms with Gasteiger partial charge in [0.15, 0.2) is 0 Å². The Hall–Kier alpha value is -1.39. The van der Waals surface area contributed by atoms with Gasteiger partial charge in [0, 0.05) is 12.2 Å². The molecule has 0 saturated carbocycles. The summed E-state index contributed by atoms with van der Waals surface area (Å²) >= 11 is 0. The van der Waals surface area contributed by atoms with Crippen molar-refractivity contribution in [1.29, 1.82) is 0 Å². The van der Waals surface area contributed by atoms with E-state index >= 15 is 0 Å². The van der Waals surface area contributed by atoms with Crippen molar-refractivity contribution in [3.63, 3.8) is 0 Å². The van der Waals surface area contributed by atoms with Gasteiger partial charge in [-0.25, -0.2) is 0 Å². The maximum absolute atomic E-state index is 11.6. The summed E-state index contributed by atoms with van der Waals surface area (Å²) in [6.45, 7) is 6.50. The maximum Gasteiger partial charge on any atom is 0.250 e. The molecule has 1 amide bonds. The number of amides is 1. The normalized spacial score (nSPS) is 10.3. The minimum absolute atomic E-state index is 0.0993. The molecule has 1 aromatic carbocycles. The summed E-state index contributed by atoms with van der Waals surface area (Å²) in [5, 5.41) is 6.04. The summed E-state index contributed by atoms with van der Waals surface area (Å²) in [4.78, 5) is 11.6. The molecule has 0 unspecified atom stereocenters. The summed E-state index contributed by atoms with van der Waals surface area (Å²) in [6.07, 6.45) is 1.10. The van der Waals surface area contributed by atoms with Crippen LogP contribution in [0.15, 0.2) is 24.3 Å². The molecule has 4 nitrogen and oxygen atoms in total. The Labute approximate surface area is 109 Å². The van der Waals surface area contributed by atoms with E-state index in [0.717, 1.165) is 30.8 Å². The first-order valence-corrected chi connectivity index (χ1v) is 6.38. The molecule has 0 radical (unpaired) electrons. The second-order valence-corrected chi connectivity index (χ2v) is 4.17. The average Bonchev–Trinajstić information content (AvgIpc) is 2.36. The van der Waals surface area contributed by atoms with Crippen molar-refractivity contribution in [3.05, 3.63) is 29.8 Å². The smallest absolute Gasteiger partial charge is 0.250 e. The molecule has 0 fully saturated rings. The van der Waals surface area contributed by atoms with E-state index in [9.17, 15) is 4.79 Å². The van der Waals surface area contributed by atoms with E-state index in [2.05, 4.69) is 17.6 Å². The second-order valence-electron chi connectivity index (χ2n) is 4.17. The fourth-order valence-electron chi connectivity index (χ4n) is 1.51. The fourth-order valence-corrected chi connectivity index (χ4v) is 1.51. The van der Waals surface area contributed by atoms with Gasteiger partial charge in [0.25, 0.3) is 0 Å². The number of rotatable bonds is 8. The highest BCUT2D eigenvalue weighted by Crippen LogP contribution is 2.12. The van der Waals surface area contributed by atoms with Crippen LogP contribution in [0.25, 0.3) is 0 Å².